The van der Waals surface area contributed by atoms with Gasteiger partial charge >= 0.3 is 0 Å². The zero-order chi connectivity index (χ0) is 26.2. The summed E-state index contributed by atoms with van der Waals surface area (Å²) in [5, 5.41) is 3.50. The van der Waals surface area contributed by atoms with E-state index in [0.717, 1.165) is 24.2 Å². The van der Waals surface area contributed by atoms with E-state index >= 15 is 0 Å². The zero-order valence-corrected chi connectivity index (χ0v) is 22.3. The Morgan fingerprint density at radius 3 is 2.46 bits per heavy atom. The van der Waals surface area contributed by atoms with Crippen LogP contribution in [0.4, 0.5) is 5.69 Å². The molecule has 194 valence electrons. The molecule has 2 aliphatic rings. The summed E-state index contributed by atoms with van der Waals surface area (Å²) in [4.78, 5) is 13.7. The van der Waals surface area contributed by atoms with Gasteiger partial charge in [-0.1, -0.05) is 61.8 Å². The van der Waals surface area contributed by atoms with Crippen LogP contribution in [0.15, 0.2) is 77.7 Å². The molecule has 0 aromatic heterocycles. The third-order valence-electron chi connectivity index (χ3n) is 7.22. The van der Waals surface area contributed by atoms with Crippen LogP contribution in [0.1, 0.15) is 44.7 Å². The highest BCUT2D eigenvalue weighted by molar-refractivity contribution is 7.92. The lowest BCUT2D eigenvalue weighted by molar-refractivity contribution is -0.129. The number of nitrogens with one attached hydrogen (secondary N) is 1. The van der Waals surface area contributed by atoms with E-state index in [1.807, 2.05) is 24.3 Å². The van der Waals surface area contributed by atoms with Crippen LogP contribution in [0, 0.1) is 0 Å². The van der Waals surface area contributed by atoms with Gasteiger partial charge in [0.2, 0.25) is 0 Å². The second-order valence-corrected chi connectivity index (χ2v) is 11.7. The van der Waals surface area contributed by atoms with Crippen molar-refractivity contribution in [2.75, 3.05) is 10.8 Å². The third kappa shape index (κ3) is 4.76. The van der Waals surface area contributed by atoms with Crippen LogP contribution in [0.5, 0.6) is 11.5 Å². The first kappa shape index (κ1) is 25.4. The minimum absolute atomic E-state index is 0.121. The molecule has 2 atom stereocenters. The molecule has 5 rings (SSSR count). The summed E-state index contributed by atoms with van der Waals surface area (Å²) >= 11 is 6.20. The molecular formula is C28H29ClN2O5S. The first-order chi connectivity index (χ1) is 17.8. The summed E-state index contributed by atoms with van der Waals surface area (Å²) < 4.78 is 40.9. The van der Waals surface area contributed by atoms with E-state index in [-0.39, 0.29) is 23.2 Å². The van der Waals surface area contributed by atoms with Crippen molar-refractivity contribution in [3.63, 3.8) is 0 Å². The predicted octanol–water partition coefficient (Wildman–Crippen LogP) is 5.50. The van der Waals surface area contributed by atoms with Crippen molar-refractivity contribution in [2.45, 2.75) is 55.8 Å². The van der Waals surface area contributed by atoms with Crippen molar-refractivity contribution < 1.29 is 22.7 Å². The van der Waals surface area contributed by atoms with Crippen LogP contribution in [0.2, 0.25) is 5.02 Å². The summed E-state index contributed by atoms with van der Waals surface area (Å²) in [6.07, 6.45) is 1.14. The van der Waals surface area contributed by atoms with Gasteiger partial charge in [0.05, 0.1) is 23.2 Å². The lowest BCUT2D eigenvalue weighted by atomic mass is 9.83. The first-order valence-corrected chi connectivity index (χ1v) is 14.2. The third-order valence-corrected chi connectivity index (χ3v) is 9.25. The van der Waals surface area contributed by atoms with Gasteiger partial charge in [0, 0.05) is 17.0 Å². The van der Waals surface area contributed by atoms with Crippen molar-refractivity contribution in [2.24, 2.45) is 0 Å². The molecule has 3 aromatic rings. The Kier molecular flexibility index (Phi) is 6.81. The topological polar surface area (TPSA) is 84.9 Å². The van der Waals surface area contributed by atoms with E-state index in [2.05, 4.69) is 19.2 Å². The molecule has 0 saturated carbocycles. The monoisotopic (exact) mass is 540 g/mol. The molecule has 0 radical (unpaired) electrons. The number of rotatable bonds is 6. The molecule has 37 heavy (non-hydrogen) atoms. The number of ether oxygens (including phenoxy) is 2. The summed E-state index contributed by atoms with van der Waals surface area (Å²) in [7, 11) is -3.97. The molecule has 0 spiro atoms. The van der Waals surface area contributed by atoms with Crippen LogP contribution >= 0.6 is 11.6 Å². The lowest BCUT2D eigenvalue weighted by Crippen LogP contribution is -2.52. The van der Waals surface area contributed by atoms with Gasteiger partial charge in [0.1, 0.15) is 17.1 Å². The van der Waals surface area contributed by atoms with Gasteiger partial charge in [-0.2, -0.15) is 0 Å². The van der Waals surface area contributed by atoms with Crippen LogP contribution in [0.3, 0.4) is 0 Å². The van der Waals surface area contributed by atoms with E-state index in [4.69, 9.17) is 21.1 Å². The average Bonchev–Trinajstić information content (AvgIpc) is 2.92. The highest BCUT2D eigenvalue weighted by atomic mass is 35.5. The molecule has 0 aliphatic carbocycles. The fraction of sp³-hybridized carbons (Fsp3) is 0.321. The number of fused-ring (bicyclic) bond motifs is 2. The number of para-hydroxylation sites is 1. The number of hydrogen-bond acceptors (Lipinski definition) is 5. The summed E-state index contributed by atoms with van der Waals surface area (Å²) in [5.74, 6) is 0.636. The van der Waals surface area contributed by atoms with Crippen molar-refractivity contribution in [1.29, 1.82) is 0 Å². The number of anilines is 1. The van der Waals surface area contributed by atoms with Gasteiger partial charge in [-0.3, -0.25) is 9.10 Å². The maximum absolute atomic E-state index is 13.6. The summed E-state index contributed by atoms with van der Waals surface area (Å²) in [6, 6.07) is 20.2. The zero-order valence-electron chi connectivity index (χ0n) is 20.7. The number of sulfonamides is 1. The largest absolute Gasteiger partial charge is 0.487 e. The van der Waals surface area contributed by atoms with Gasteiger partial charge in [-0.15, -0.1) is 0 Å². The van der Waals surface area contributed by atoms with E-state index < -0.39 is 27.6 Å². The normalized spacial score (nSPS) is 20.1. The summed E-state index contributed by atoms with van der Waals surface area (Å²) in [5.41, 5.74) is 0.795. The Labute approximate surface area is 222 Å². The molecule has 7 nitrogen and oxygen atoms in total. The standard InChI is InChI=1S/C28H29ClN2O5S/c1-3-28(4-2)17-22(21-12-8-9-13-24(21)36-28)30-27(32)26-18-31(23-16-19(29)14-15-25(23)35-26)37(33,34)20-10-6-5-7-11-20/h5-16,22,26H,3-4,17-18H2,1-2H3,(H,30,32)/t22-,26-/m1/s1. The molecule has 2 heterocycles. The molecular weight excluding hydrogens is 512 g/mol. The average molecular weight is 541 g/mol. The number of hydrogen-bond donors (Lipinski definition) is 1. The SMILES string of the molecule is CCC1(CC)C[C@@H](NC(=O)[C@H]2CN(S(=O)(=O)c3ccccc3)c3cc(Cl)ccc3O2)c2ccccc2O1. The minimum atomic E-state index is -3.97. The molecule has 0 saturated heterocycles. The Hall–Kier alpha value is -3.23. The minimum Gasteiger partial charge on any atom is -0.487 e. The smallest absolute Gasteiger partial charge is 0.264 e. The van der Waals surface area contributed by atoms with Crippen LogP contribution in [-0.2, 0) is 14.8 Å². The Morgan fingerprint density at radius 2 is 1.73 bits per heavy atom. The molecule has 2 aliphatic heterocycles. The Bertz CT molecular complexity index is 1410. The van der Waals surface area contributed by atoms with Gasteiger partial charge < -0.3 is 14.8 Å². The summed E-state index contributed by atoms with van der Waals surface area (Å²) in [6.45, 7) is 3.97. The van der Waals surface area contributed by atoms with Crippen molar-refractivity contribution in [1.82, 2.24) is 5.32 Å². The quantitative estimate of drug-likeness (QED) is 0.446. The highest BCUT2D eigenvalue weighted by Gasteiger charge is 2.42. The van der Waals surface area contributed by atoms with Crippen LogP contribution in [-0.4, -0.2) is 32.6 Å². The van der Waals surface area contributed by atoms with E-state index in [0.29, 0.717) is 17.1 Å². The maximum atomic E-state index is 13.6. The molecule has 1 amide bonds. The number of carbonyl (C=O) groups excluding carboxylic acids is 1. The fourth-order valence-electron chi connectivity index (χ4n) is 5.00. The Balaban J connectivity index is 1.47. The van der Waals surface area contributed by atoms with Gasteiger partial charge in [0.15, 0.2) is 6.10 Å². The lowest BCUT2D eigenvalue weighted by Gasteiger charge is -2.42. The number of nitrogens with zero attached hydrogens (tertiary/aromatic N) is 1. The molecule has 9 heteroatoms. The van der Waals surface area contributed by atoms with Gasteiger partial charge in [-0.25, -0.2) is 8.42 Å². The molecule has 0 fully saturated rings. The maximum Gasteiger partial charge on any atom is 0.264 e. The fourth-order valence-corrected chi connectivity index (χ4v) is 6.66. The van der Waals surface area contributed by atoms with Gasteiger partial charge in [-0.05, 0) is 49.2 Å². The van der Waals surface area contributed by atoms with E-state index in [1.165, 1.54) is 22.5 Å². The number of halogens is 1. The second kappa shape index (κ2) is 9.91. The van der Waals surface area contributed by atoms with E-state index in [9.17, 15) is 13.2 Å². The van der Waals surface area contributed by atoms with Crippen molar-refractivity contribution in [3.05, 3.63) is 83.4 Å². The van der Waals surface area contributed by atoms with Crippen LogP contribution in [0.25, 0.3) is 0 Å². The van der Waals surface area contributed by atoms with Crippen LogP contribution < -0.4 is 19.1 Å². The number of carbonyl (C=O) groups is 1. The number of amides is 1. The van der Waals surface area contributed by atoms with Gasteiger partial charge in [0.25, 0.3) is 15.9 Å². The molecule has 0 unspecified atom stereocenters. The van der Waals surface area contributed by atoms with E-state index in [1.54, 1.807) is 30.3 Å². The highest BCUT2D eigenvalue weighted by Crippen LogP contribution is 2.43. The Morgan fingerprint density at radius 1 is 1.03 bits per heavy atom. The molecule has 0 bridgehead atoms. The molecule has 3 aromatic carbocycles. The first-order valence-electron chi connectivity index (χ1n) is 12.4. The predicted molar refractivity (Wildman–Crippen MR) is 143 cm³/mol. The van der Waals surface area contributed by atoms with Crippen molar-refractivity contribution in [3.8, 4) is 11.5 Å². The molecule has 1 N–H and O–H groups in total. The second-order valence-electron chi connectivity index (χ2n) is 9.36. The number of benzene rings is 3. The van der Waals surface area contributed by atoms with Crippen molar-refractivity contribution >= 4 is 33.2 Å².